The Morgan fingerprint density at radius 1 is 0.277 bits per heavy atom. The number of benzene rings is 11. The molecule has 0 amide bonds. The van der Waals surface area contributed by atoms with E-state index in [2.05, 4.69) is 278 Å². The van der Waals surface area contributed by atoms with Crippen molar-refractivity contribution >= 4 is 66.4 Å². The van der Waals surface area contributed by atoms with E-state index in [0.29, 0.717) is 0 Å². The molecule has 0 aliphatic carbocycles. The van der Waals surface area contributed by atoms with Crippen molar-refractivity contribution in [3.05, 3.63) is 266 Å². The molecule has 0 N–H and O–H groups in total. The fraction of sp³-hybridized carbons (Fsp3) is 0.0476. The molecule has 11 aromatic rings. The fourth-order valence-electron chi connectivity index (χ4n) is 9.72. The quantitative estimate of drug-likeness (QED) is 0.135. The number of hydrogen-bond donors (Lipinski definition) is 0. The van der Waals surface area contributed by atoms with Gasteiger partial charge in [0.2, 0.25) is 0 Å². The third-order valence-corrected chi connectivity index (χ3v) is 13.1. The van der Waals surface area contributed by atoms with Gasteiger partial charge in [0.05, 0.1) is 17.1 Å². The fourth-order valence-corrected chi connectivity index (χ4v) is 9.72. The third-order valence-electron chi connectivity index (χ3n) is 13.1. The minimum absolute atomic E-state index is 0.391. The van der Waals surface area contributed by atoms with Crippen LogP contribution in [0.1, 0.15) is 25.0 Å². The van der Waals surface area contributed by atoms with Crippen molar-refractivity contribution in [1.29, 1.82) is 0 Å². The van der Waals surface area contributed by atoms with Gasteiger partial charge in [0.1, 0.15) is 0 Å². The summed E-state index contributed by atoms with van der Waals surface area (Å²) in [6, 6.07) is 92.7. The van der Waals surface area contributed by atoms with Crippen LogP contribution in [0.15, 0.2) is 255 Å². The maximum Gasteiger partial charge on any atom is 0.0543 e. The topological polar surface area (TPSA) is 6.48 Å². The summed E-state index contributed by atoms with van der Waals surface area (Å²) in [6.07, 6.45) is 0. The van der Waals surface area contributed by atoms with Crippen molar-refractivity contribution < 1.29 is 0 Å². The van der Waals surface area contributed by atoms with E-state index in [0.717, 1.165) is 34.1 Å². The van der Waals surface area contributed by atoms with Crippen molar-refractivity contribution in [2.45, 2.75) is 19.3 Å². The average Bonchev–Trinajstić information content (AvgIpc) is 3.38. The molecule has 0 spiro atoms. The average molecular weight is 833 g/mol. The van der Waals surface area contributed by atoms with Gasteiger partial charge in [-0.1, -0.05) is 214 Å². The van der Waals surface area contributed by atoms with E-state index in [1.165, 1.54) is 65.7 Å². The standard InChI is InChI=1S/C63H48N2/c1-63(2,48-27-21-32-52(43-48)64(50-28-11-5-12-29-50)60-40-38-53(45-22-7-3-8-23-45)56-34-17-19-36-58(56)60)49-42-47-26-15-16-33-55(47)62(44-49)65(51-30-13-6-14-31-51)61-41-39-54(46-24-9-4-10-25-46)57-35-18-20-37-59(57)61/h3-44H,1-2H3. The Hall–Kier alpha value is -8.20. The summed E-state index contributed by atoms with van der Waals surface area (Å²) in [4.78, 5) is 4.89. The molecule has 0 aliphatic rings. The zero-order valence-electron chi connectivity index (χ0n) is 36.6. The number of para-hydroxylation sites is 2. The first kappa shape index (κ1) is 39.6. The molecule has 0 saturated carbocycles. The zero-order valence-corrected chi connectivity index (χ0v) is 36.6. The molecule has 0 bridgehead atoms. The minimum atomic E-state index is -0.391. The molecular weight excluding hydrogens is 785 g/mol. The molecular formula is C63H48N2. The first-order chi connectivity index (χ1) is 32.0. The molecule has 0 radical (unpaired) electrons. The highest BCUT2D eigenvalue weighted by atomic mass is 15.2. The van der Waals surface area contributed by atoms with Gasteiger partial charge in [-0.25, -0.2) is 0 Å². The van der Waals surface area contributed by atoms with Crippen LogP contribution in [0.25, 0.3) is 54.6 Å². The molecule has 0 aliphatic heterocycles. The Morgan fingerprint density at radius 2 is 0.708 bits per heavy atom. The van der Waals surface area contributed by atoms with Crippen LogP contribution in [0.2, 0.25) is 0 Å². The highest BCUT2D eigenvalue weighted by Gasteiger charge is 2.28. The van der Waals surface area contributed by atoms with Crippen LogP contribution in [0, 0.1) is 0 Å². The van der Waals surface area contributed by atoms with Crippen LogP contribution in [0.3, 0.4) is 0 Å². The molecule has 11 rings (SSSR count). The van der Waals surface area contributed by atoms with E-state index in [-0.39, 0.29) is 0 Å². The van der Waals surface area contributed by atoms with E-state index in [1.807, 2.05) is 0 Å². The van der Waals surface area contributed by atoms with Crippen LogP contribution in [-0.2, 0) is 5.41 Å². The predicted molar refractivity (Wildman–Crippen MR) is 278 cm³/mol. The zero-order chi connectivity index (χ0) is 43.7. The summed E-state index contributed by atoms with van der Waals surface area (Å²) in [5.41, 5.74) is 13.7. The van der Waals surface area contributed by atoms with Gasteiger partial charge in [0.15, 0.2) is 0 Å². The van der Waals surface area contributed by atoms with E-state index in [9.17, 15) is 0 Å². The van der Waals surface area contributed by atoms with Gasteiger partial charge < -0.3 is 9.80 Å². The smallest absolute Gasteiger partial charge is 0.0543 e. The van der Waals surface area contributed by atoms with Gasteiger partial charge in [0.25, 0.3) is 0 Å². The second kappa shape index (κ2) is 16.8. The van der Waals surface area contributed by atoms with Gasteiger partial charge in [-0.05, 0) is 104 Å². The number of hydrogen-bond acceptors (Lipinski definition) is 2. The monoisotopic (exact) mass is 832 g/mol. The second-order valence-electron chi connectivity index (χ2n) is 17.3. The molecule has 310 valence electrons. The van der Waals surface area contributed by atoms with Gasteiger partial charge in [-0.15, -0.1) is 0 Å². The summed E-state index contributed by atoms with van der Waals surface area (Å²) < 4.78 is 0. The normalized spacial score (nSPS) is 11.5. The number of fused-ring (bicyclic) bond motifs is 3. The number of anilines is 6. The van der Waals surface area contributed by atoms with Gasteiger partial charge in [-0.3, -0.25) is 0 Å². The lowest BCUT2D eigenvalue weighted by Crippen LogP contribution is -2.21. The first-order valence-corrected chi connectivity index (χ1v) is 22.5. The molecule has 65 heavy (non-hydrogen) atoms. The van der Waals surface area contributed by atoms with Crippen LogP contribution in [-0.4, -0.2) is 0 Å². The third kappa shape index (κ3) is 7.29. The highest BCUT2D eigenvalue weighted by Crippen LogP contribution is 2.48. The van der Waals surface area contributed by atoms with Crippen LogP contribution in [0.5, 0.6) is 0 Å². The molecule has 0 heterocycles. The van der Waals surface area contributed by atoms with Crippen molar-refractivity contribution in [1.82, 2.24) is 0 Å². The lowest BCUT2D eigenvalue weighted by molar-refractivity contribution is 0.642. The lowest BCUT2D eigenvalue weighted by Gasteiger charge is -2.33. The van der Waals surface area contributed by atoms with Gasteiger partial charge in [0, 0.05) is 38.6 Å². The Balaban J connectivity index is 1.08. The molecule has 0 atom stereocenters. The summed E-state index contributed by atoms with van der Waals surface area (Å²) in [5, 5.41) is 7.24. The van der Waals surface area contributed by atoms with E-state index in [1.54, 1.807) is 0 Å². The van der Waals surface area contributed by atoms with E-state index < -0.39 is 5.41 Å². The molecule has 0 saturated heterocycles. The summed E-state index contributed by atoms with van der Waals surface area (Å²) in [7, 11) is 0. The summed E-state index contributed by atoms with van der Waals surface area (Å²) in [6.45, 7) is 4.74. The molecule has 11 aromatic carbocycles. The van der Waals surface area contributed by atoms with Crippen LogP contribution in [0.4, 0.5) is 34.1 Å². The number of rotatable bonds is 10. The molecule has 2 heteroatoms. The summed E-state index contributed by atoms with van der Waals surface area (Å²) in [5.74, 6) is 0. The van der Waals surface area contributed by atoms with Crippen molar-refractivity contribution in [3.8, 4) is 22.3 Å². The SMILES string of the molecule is CC(C)(c1cccc(N(c2ccccc2)c2ccc(-c3ccccc3)c3ccccc23)c1)c1cc(N(c2ccccc2)c2ccc(-c3ccccc3)c3ccccc23)c2ccccc2c1. The maximum atomic E-state index is 2.47. The first-order valence-electron chi connectivity index (χ1n) is 22.5. The largest absolute Gasteiger partial charge is 0.310 e. The number of nitrogens with zero attached hydrogens (tertiary/aromatic N) is 2. The van der Waals surface area contributed by atoms with Crippen molar-refractivity contribution in [3.63, 3.8) is 0 Å². The molecule has 0 unspecified atom stereocenters. The van der Waals surface area contributed by atoms with Gasteiger partial charge >= 0.3 is 0 Å². The Bertz CT molecular complexity index is 3450. The predicted octanol–water partition coefficient (Wildman–Crippen LogP) is 17.7. The Morgan fingerprint density at radius 3 is 1.26 bits per heavy atom. The van der Waals surface area contributed by atoms with E-state index in [4.69, 9.17) is 0 Å². The Kier molecular flexibility index (Phi) is 10.3. The van der Waals surface area contributed by atoms with Gasteiger partial charge in [-0.2, -0.15) is 0 Å². The summed E-state index contributed by atoms with van der Waals surface area (Å²) >= 11 is 0. The minimum Gasteiger partial charge on any atom is -0.310 e. The highest BCUT2D eigenvalue weighted by molar-refractivity contribution is 6.09. The van der Waals surface area contributed by atoms with Crippen molar-refractivity contribution in [2.75, 3.05) is 9.80 Å². The Labute approximate surface area is 381 Å². The van der Waals surface area contributed by atoms with E-state index >= 15 is 0 Å². The maximum absolute atomic E-state index is 2.47. The molecule has 0 fully saturated rings. The molecule has 0 aromatic heterocycles. The van der Waals surface area contributed by atoms with Crippen molar-refractivity contribution in [2.24, 2.45) is 0 Å². The molecule has 2 nitrogen and oxygen atoms in total. The second-order valence-corrected chi connectivity index (χ2v) is 17.3. The van der Waals surface area contributed by atoms with Crippen LogP contribution >= 0.6 is 0 Å². The lowest BCUT2D eigenvalue weighted by atomic mass is 9.77. The van der Waals surface area contributed by atoms with Crippen LogP contribution < -0.4 is 9.80 Å².